The third kappa shape index (κ3) is 5.36. The minimum Gasteiger partial charge on any atom is -0.385 e. The molecule has 132 valence electrons. The second kappa shape index (κ2) is 8.89. The van der Waals surface area contributed by atoms with Crippen molar-refractivity contribution in [3.63, 3.8) is 0 Å². The van der Waals surface area contributed by atoms with Crippen molar-refractivity contribution >= 4 is 17.5 Å². The summed E-state index contributed by atoms with van der Waals surface area (Å²) in [4.78, 5) is 24.3. The third-order valence-corrected chi connectivity index (χ3v) is 3.38. The second-order valence-corrected chi connectivity index (χ2v) is 5.26. The average molecular weight is 348 g/mol. The first-order valence-corrected chi connectivity index (χ1v) is 7.65. The van der Waals surface area contributed by atoms with Crippen molar-refractivity contribution in [1.29, 1.82) is 0 Å². The Kier molecular flexibility index (Phi) is 6.59. The number of benzene rings is 2. The molecule has 0 saturated carbocycles. The fourth-order valence-corrected chi connectivity index (χ4v) is 2.11. The van der Waals surface area contributed by atoms with E-state index in [1.807, 2.05) is 0 Å². The van der Waals surface area contributed by atoms with Crippen molar-refractivity contribution in [3.05, 3.63) is 65.2 Å². The third-order valence-electron chi connectivity index (χ3n) is 3.38. The number of rotatable bonds is 7. The van der Waals surface area contributed by atoms with Crippen molar-refractivity contribution in [2.45, 2.75) is 6.42 Å². The Hall–Kier alpha value is -2.80. The summed E-state index contributed by atoms with van der Waals surface area (Å²) < 4.78 is 31.4. The van der Waals surface area contributed by atoms with E-state index in [0.29, 0.717) is 31.2 Å². The van der Waals surface area contributed by atoms with Crippen LogP contribution in [0.4, 0.5) is 14.5 Å². The molecule has 0 aromatic heterocycles. The largest absolute Gasteiger partial charge is 0.385 e. The first kappa shape index (κ1) is 18.5. The van der Waals surface area contributed by atoms with Gasteiger partial charge in [-0.15, -0.1) is 0 Å². The van der Waals surface area contributed by atoms with Crippen LogP contribution in [-0.4, -0.2) is 32.1 Å². The zero-order chi connectivity index (χ0) is 18.2. The molecule has 0 fully saturated rings. The van der Waals surface area contributed by atoms with Crippen LogP contribution in [0.15, 0.2) is 42.5 Å². The molecule has 0 bridgehead atoms. The lowest BCUT2D eigenvalue weighted by Gasteiger charge is -2.08. The lowest BCUT2D eigenvalue weighted by Crippen LogP contribution is -2.25. The molecule has 0 unspecified atom stereocenters. The zero-order valence-electron chi connectivity index (χ0n) is 13.6. The van der Waals surface area contributed by atoms with Gasteiger partial charge in [-0.2, -0.15) is 0 Å². The number of carbonyl (C=O) groups excluding carboxylic acids is 2. The number of carbonyl (C=O) groups is 2. The highest BCUT2D eigenvalue weighted by Gasteiger charge is 2.12. The maximum atomic E-state index is 13.6. The normalized spacial score (nSPS) is 10.4. The van der Waals surface area contributed by atoms with E-state index in [2.05, 4.69) is 10.6 Å². The highest BCUT2D eigenvalue weighted by atomic mass is 19.1. The van der Waals surface area contributed by atoms with Crippen molar-refractivity contribution in [2.24, 2.45) is 0 Å². The highest BCUT2D eigenvalue weighted by molar-refractivity contribution is 6.06. The molecule has 2 rings (SSSR count). The molecule has 0 atom stereocenters. The maximum Gasteiger partial charge on any atom is 0.255 e. The van der Waals surface area contributed by atoms with E-state index in [4.69, 9.17) is 4.74 Å². The summed E-state index contributed by atoms with van der Waals surface area (Å²) >= 11 is 0. The van der Waals surface area contributed by atoms with Crippen LogP contribution in [0.5, 0.6) is 0 Å². The summed E-state index contributed by atoms with van der Waals surface area (Å²) in [6.07, 6.45) is 0.673. The molecule has 0 aliphatic carbocycles. The molecule has 25 heavy (non-hydrogen) atoms. The van der Waals surface area contributed by atoms with Crippen molar-refractivity contribution in [3.8, 4) is 0 Å². The molecule has 0 aliphatic heterocycles. The van der Waals surface area contributed by atoms with Gasteiger partial charge in [-0.3, -0.25) is 9.59 Å². The lowest BCUT2D eigenvalue weighted by atomic mass is 10.1. The molecule has 2 aromatic carbocycles. The predicted octanol–water partition coefficient (Wildman–Crippen LogP) is 2.98. The average Bonchev–Trinajstić information content (AvgIpc) is 2.61. The number of anilines is 1. The number of halogens is 2. The summed E-state index contributed by atoms with van der Waals surface area (Å²) in [5.74, 6) is -2.53. The van der Waals surface area contributed by atoms with Gasteiger partial charge in [0.05, 0.1) is 5.69 Å². The summed E-state index contributed by atoms with van der Waals surface area (Å²) in [5, 5.41) is 5.06. The van der Waals surface area contributed by atoms with E-state index >= 15 is 0 Å². The van der Waals surface area contributed by atoms with Crippen molar-refractivity contribution in [2.75, 3.05) is 25.6 Å². The van der Waals surface area contributed by atoms with E-state index in [1.54, 1.807) is 19.2 Å². The fourth-order valence-electron chi connectivity index (χ4n) is 2.11. The zero-order valence-corrected chi connectivity index (χ0v) is 13.6. The molecule has 2 N–H and O–H groups in total. The van der Waals surface area contributed by atoms with E-state index in [1.165, 1.54) is 12.1 Å². The van der Waals surface area contributed by atoms with Crippen molar-refractivity contribution in [1.82, 2.24) is 5.32 Å². The van der Waals surface area contributed by atoms with Gasteiger partial charge in [0.2, 0.25) is 0 Å². The maximum absolute atomic E-state index is 13.6. The molecule has 0 spiro atoms. The van der Waals surface area contributed by atoms with Crippen LogP contribution < -0.4 is 10.6 Å². The van der Waals surface area contributed by atoms with Gasteiger partial charge in [0.1, 0.15) is 11.6 Å². The molecule has 0 radical (unpaired) electrons. The van der Waals surface area contributed by atoms with Gasteiger partial charge in [-0.25, -0.2) is 8.78 Å². The number of methoxy groups -OCH3 is 1. The van der Waals surface area contributed by atoms with Crippen molar-refractivity contribution < 1.29 is 23.1 Å². The van der Waals surface area contributed by atoms with Gasteiger partial charge >= 0.3 is 0 Å². The van der Waals surface area contributed by atoms with Gasteiger partial charge in [0, 0.05) is 37.5 Å². The van der Waals surface area contributed by atoms with E-state index in [-0.39, 0.29) is 17.2 Å². The highest BCUT2D eigenvalue weighted by Crippen LogP contribution is 2.16. The number of hydrogen-bond acceptors (Lipinski definition) is 3. The molecule has 0 saturated heterocycles. The Morgan fingerprint density at radius 1 is 1.04 bits per heavy atom. The fraction of sp³-hybridized carbons (Fsp3) is 0.222. The standard InChI is InChI=1S/C18H18F2N2O3/c1-25-9-3-8-21-17(23)12-4-2-5-13(10-12)18(24)22-16-7-6-14(19)11-15(16)20/h2,4-7,10-11H,3,8-9H2,1H3,(H,21,23)(H,22,24). The van der Waals surface area contributed by atoms with Gasteiger partial charge in [0.15, 0.2) is 0 Å². The van der Waals surface area contributed by atoms with Crippen LogP contribution in [0, 0.1) is 11.6 Å². The number of amides is 2. The summed E-state index contributed by atoms with van der Waals surface area (Å²) in [6.45, 7) is 0.982. The minimum absolute atomic E-state index is 0.138. The topological polar surface area (TPSA) is 67.4 Å². The first-order valence-electron chi connectivity index (χ1n) is 7.65. The minimum atomic E-state index is -0.875. The van der Waals surface area contributed by atoms with Gasteiger partial charge in [-0.05, 0) is 36.8 Å². The number of nitrogens with one attached hydrogen (secondary N) is 2. The number of hydrogen-bond donors (Lipinski definition) is 2. The van der Waals surface area contributed by atoms with Gasteiger partial charge in [-0.1, -0.05) is 6.07 Å². The molecule has 5 nitrogen and oxygen atoms in total. The first-order chi connectivity index (χ1) is 12.0. The lowest BCUT2D eigenvalue weighted by molar-refractivity contribution is 0.0948. The Balaban J connectivity index is 2.04. The molecule has 7 heteroatoms. The molecular weight excluding hydrogens is 330 g/mol. The van der Waals surface area contributed by atoms with Crippen LogP contribution in [0.1, 0.15) is 27.1 Å². The predicted molar refractivity (Wildman–Crippen MR) is 89.6 cm³/mol. The van der Waals surface area contributed by atoms with Crippen LogP contribution >= 0.6 is 0 Å². The quantitative estimate of drug-likeness (QED) is 0.756. The monoisotopic (exact) mass is 348 g/mol. The molecule has 2 amide bonds. The Labute approximate surface area is 144 Å². The summed E-state index contributed by atoms with van der Waals surface area (Å²) in [6, 6.07) is 8.89. The van der Waals surface area contributed by atoms with E-state index in [9.17, 15) is 18.4 Å². The molecule has 0 heterocycles. The SMILES string of the molecule is COCCCNC(=O)c1cccc(C(=O)Nc2ccc(F)cc2F)c1. The smallest absolute Gasteiger partial charge is 0.255 e. The Morgan fingerprint density at radius 2 is 1.76 bits per heavy atom. The molecular formula is C18H18F2N2O3. The Morgan fingerprint density at radius 3 is 2.44 bits per heavy atom. The van der Waals surface area contributed by atoms with Crippen LogP contribution in [0.3, 0.4) is 0 Å². The molecule has 2 aromatic rings. The van der Waals surface area contributed by atoms with Gasteiger partial charge < -0.3 is 15.4 Å². The second-order valence-electron chi connectivity index (χ2n) is 5.26. The van der Waals surface area contributed by atoms with E-state index in [0.717, 1.165) is 12.1 Å². The number of ether oxygens (including phenoxy) is 1. The van der Waals surface area contributed by atoms with Crippen LogP contribution in [0.25, 0.3) is 0 Å². The summed E-state index contributed by atoms with van der Waals surface area (Å²) in [7, 11) is 1.58. The van der Waals surface area contributed by atoms with Crippen LogP contribution in [-0.2, 0) is 4.74 Å². The van der Waals surface area contributed by atoms with Gasteiger partial charge in [0.25, 0.3) is 11.8 Å². The van der Waals surface area contributed by atoms with Crippen LogP contribution in [0.2, 0.25) is 0 Å². The van der Waals surface area contributed by atoms with E-state index < -0.39 is 17.5 Å². The molecule has 0 aliphatic rings. The Bertz CT molecular complexity index is 766. The summed E-state index contributed by atoms with van der Waals surface area (Å²) in [5.41, 5.74) is 0.360.